The normalized spacial score (nSPS) is 15.9. The Hall–Kier alpha value is -3.04. The summed E-state index contributed by atoms with van der Waals surface area (Å²) in [6, 6.07) is 14.8. The van der Waals surface area contributed by atoms with Crippen LogP contribution in [0.25, 0.3) is 16.6 Å². The number of benzene rings is 2. The molecule has 30 heavy (non-hydrogen) atoms. The van der Waals surface area contributed by atoms with Crippen LogP contribution in [0, 0.1) is 13.8 Å². The van der Waals surface area contributed by atoms with Gasteiger partial charge in [-0.1, -0.05) is 29.8 Å². The maximum absolute atomic E-state index is 13.0. The molecule has 4 aromatic rings. The molecule has 0 N–H and O–H groups in total. The molecular weight excluding hydrogens is 400 g/mol. The van der Waals surface area contributed by atoms with Crippen LogP contribution in [0.5, 0.6) is 0 Å². The van der Waals surface area contributed by atoms with E-state index in [1.54, 1.807) is 21.0 Å². The van der Waals surface area contributed by atoms with Crippen molar-refractivity contribution in [3.8, 4) is 0 Å². The van der Waals surface area contributed by atoms with Gasteiger partial charge >= 0.3 is 0 Å². The van der Waals surface area contributed by atoms with Crippen LogP contribution < -0.4 is 4.90 Å². The van der Waals surface area contributed by atoms with Crippen molar-refractivity contribution < 1.29 is 8.42 Å². The van der Waals surface area contributed by atoms with Gasteiger partial charge in [0.2, 0.25) is 16.0 Å². The number of aromatic nitrogens is 4. The Morgan fingerprint density at radius 3 is 2.30 bits per heavy atom. The fourth-order valence-electron chi connectivity index (χ4n) is 3.84. The second-order valence-electron chi connectivity index (χ2n) is 7.53. The molecule has 2 aromatic heterocycles. The molecule has 1 aliphatic heterocycles. The molecule has 0 atom stereocenters. The Morgan fingerprint density at radius 1 is 0.867 bits per heavy atom. The summed E-state index contributed by atoms with van der Waals surface area (Å²) in [7, 11) is -3.51. The number of piperazine rings is 1. The molecule has 1 fully saturated rings. The van der Waals surface area contributed by atoms with Crippen LogP contribution in [0.15, 0.2) is 53.4 Å². The zero-order valence-electron chi connectivity index (χ0n) is 16.9. The maximum Gasteiger partial charge on any atom is 0.243 e. The first-order chi connectivity index (χ1) is 14.4. The van der Waals surface area contributed by atoms with Gasteiger partial charge in [0.05, 0.1) is 10.4 Å². The predicted molar refractivity (Wildman–Crippen MR) is 115 cm³/mol. The van der Waals surface area contributed by atoms with Gasteiger partial charge in [0.15, 0.2) is 5.65 Å². The third-order valence-corrected chi connectivity index (χ3v) is 7.36. The minimum atomic E-state index is -3.51. The Balaban J connectivity index is 1.45. The third-order valence-electron chi connectivity index (χ3n) is 5.45. The van der Waals surface area contributed by atoms with E-state index in [-0.39, 0.29) is 0 Å². The monoisotopic (exact) mass is 422 g/mol. The summed E-state index contributed by atoms with van der Waals surface area (Å²) in [5, 5.41) is 5.48. The molecule has 8 nitrogen and oxygen atoms in total. The van der Waals surface area contributed by atoms with Gasteiger partial charge in [-0.15, -0.1) is 5.10 Å². The van der Waals surface area contributed by atoms with Crippen molar-refractivity contribution in [3.05, 3.63) is 59.9 Å². The van der Waals surface area contributed by atoms with E-state index in [4.69, 9.17) is 4.98 Å². The smallest absolute Gasteiger partial charge is 0.243 e. The molecule has 2 aromatic carbocycles. The molecule has 0 bridgehead atoms. The van der Waals surface area contributed by atoms with Gasteiger partial charge in [-0.3, -0.25) is 0 Å². The molecular formula is C21H22N6O2S. The van der Waals surface area contributed by atoms with E-state index < -0.39 is 10.0 Å². The molecule has 9 heteroatoms. The first-order valence-corrected chi connectivity index (χ1v) is 11.3. The van der Waals surface area contributed by atoms with E-state index in [0.29, 0.717) is 42.8 Å². The van der Waals surface area contributed by atoms with E-state index in [1.807, 2.05) is 50.2 Å². The highest BCUT2D eigenvalue weighted by Gasteiger charge is 2.30. The van der Waals surface area contributed by atoms with Gasteiger partial charge in [-0.25, -0.2) is 18.4 Å². The molecule has 1 aliphatic rings. The lowest BCUT2D eigenvalue weighted by Gasteiger charge is -2.34. The van der Waals surface area contributed by atoms with Gasteiger partial charge in [0.25, 0.3) is 0 Å². The highest BCUT2D eigenvalue weighted by atomic mass is 32.2. The van der Waals surface area contributed by atoms with Crippen LogP contribution in [0.2, 0.25) is 0 Å². The van der Waals surface area contributed by atoms with Crippen LogP contribution in [0.4, 0.5) is 5.95 Å². The van der Waals surface area contributed by atoms with Crippen molar-refractivity contribution in [3.63, 3.8) is 0 Å². The quantitative estimate of drug-likeness (QED) is 0.504. The fourth-order valence-corrected chi connectivity index (χ4v) is 5.26. The lowest BCUT2D eigenvalue weighted by molar-refractivity contribution is 0.381. The maximum atomic E-state index is 13.0. The molecule has 0 amide bonds. The van der Waals surface area contributed by atoms with Gasteiger partial charge in [-0.2, -0.15) is 8.82 Å². The summed E-state index contributed by atoms with van der Waals surface area (Å²) >= 11 is 0. The Kier molecular flexibility index (Phi) is 4.44. The van der Waals surface area contributed by atoms with Crippen LogP contribution in [0.1, 0.15) is 11.4 Å². The van der Waals surface area contributed by atoms with E-state index >= 15 is 0 Å². The second-order valence-corrected chi connectivity index (χ2v) is 9.47. The molecule has 3 heterocycles. The molecule has 154 valence electrons. The standard InChI is InChI=1S/C21H22N6O2S/c1-15-7-9-17(10-8-15)30(28,29)26-13-11-25(12-14-26)21-23-19-6-4-3-5-18(19)20-22-16(2)24-27(20)21/h3-10H,11-14H2,1-2H3. The number of nitrogens with zero attached hydrogens (tertiary/aromatic N) is 6. The van der Waals surface area contributed by atoms with Crippen molar-refractivity contribution in [1.29, 1.82) is 0 Å². The number of para-hydroxylation sites is 1. The van der Waals surface area contributed by atoms with Crippen LogP contribution in [0.3, 0.4) is 0 Å². The molecule has 0 saturated carbocycles. The summed E-state index contributed by atoms with van der Waals surface area (Å²) in [6.45, 7) is 5.64. The van der Waals surface area contributed by atoms with Crippen molar-refractivity contribution in [2.45, 2.75) is 18.7 Å². The van der Waals surface area contributed by atoms with Gasteiger partial charge < -0.3 is 4.90 Å². The number of aryl methyl sites for hydroxylation is 2. The minimum absolute atomic E-state index is 0.333. The lowest BCUT2D eigenvalue weighted by Crippen LogP contribution is -2.49. The van der Waals surface area contributed by atoms with Crippen molar-refractivity contribution in [2.24, 2.45) is 0 Å². The molecule has 0 unspecified atom stereocenters. The van der Waals surface area contributed by atoms with Gasteiger partial charge in [0, 0.05) is 31.6 Å². The third kappa shape index (κ3) is 3.10. The molecule has 1 saturated heterocycles. The average Bonchev–Trinajstić information content (AvgIpc) is 3.15. The molecule has 0 spiro atoms. The van der Waals surface area contributed by atoms with Crippen LogP contribution in [-0.2, 0) is 10.0 Å². The van der Waals surface area contributed by atoms with Crippen molar-refractivity contribution >= 4 is 32.5 Å². The summed E-state index contributed by atoms with van der Waals surface area (Å²) in [4.78, 5) is 11.8. The van der Waals surface area contributed by atoms with Crippen LogP contribution >= 0.6 is 0 Å². The average molecular weight is 423 g/mol. The fraction of sp³-hybridized carbons (Fsp3) is 0.286. The summed E-state index contributed by atoms with van der Waals surface area (Å²) in [6.07, 6.45) is 0. The zero-order chi connectivity index (χ0) is 20.9. The van der Waals surface area contributed by atoms with E-state index in [2.05, 4.69) is 15.0 Å². The number of fused-ring (bicyclic) bond motifs is 3. The summed E-state index contributed by atoms with van der Waals surface area (Å²) in [5.41, 5.74) is 2.65. The lowest BCUT2D eigenvalue weighted by atomic mass is 10.2. The number of hydrogen-bond donors (Lipinski definition) is 0. The predicted octanol–water partition coefficient (Wildman–Crippen LogP) is 2.41. The first kappa shape index (κ1) is 19.0. The number of rotatable bonds is 3. The second kappa shape index (κ2) is 7.03. The number of hydrogen-bond acceptors (Lipinski definition) is 6. The van der Waals surface area contributed by atoms with E-state index in [0.717, 1.165) is 22.1 Å². The highest BCUT2D eigenvalue weighted by molar-refractivity contribution is 7.89. The van der Waals surface area contributed by atoms with E-state index in [9.17, 15) is 8.42 Å². The Labute approximate surface area is 174 Å². The minimum Gasteiger partial charge on any atom is -0.338 e. The molecule has 0 radical (unpaired) electrons. The largest absolute Gasteiger partial charge is 0.338 e. The number of anilines is 1. The summed E-state index contributed by atoms with van der Waals surface area (Å²) < 4.78 is 29.3. The van der Waals surface area contributed by atoms with Gasteiger partial charge in [0.1, 0.15) is 5.82 Å². The number of sulfonamides is 1. The SMILES string of the molecule is Cc1ccc(S(=O)(=O)N2CCN(c3nc4ccccc4c4nc(C)nn34)CC2)cc1. The zero-order valence-corrected chi connectivity index (χ0v) is 17.7. The van der Waals surface area contributed by atoms with Crippen molar-refractivity contribution in [2.75, 3.05) is 31.1 Å². The molecule has 5 rings (SSSR count). The summed E-state index contributed by atoms with van der Waals surface area (Å²) in [5.74, 6) is 1.37. The van der Waals surface area contributed by atoms with Gasteiger partial charge in [-0.05, 0) is 38.1 Å². The first-order valence-electron chi connectivity index (χ1n) is 9.87. The van der Waals surface area contributed by atoms with E-state index in [1.165, 1.54) is 0 Å². The topological polar surface area (TPSA) is 83.7 Å². The molecule has 0 aliphatic carbocycles. The Bertz CT molecular complexity index is 1340. The van der Waals surface area contributed by atoms with Crippen molar-refractivity contribution in [1.82, 2.24) is 23.9 Å². The Morgan fingerprint density at radius 2 is 1.57 bits per heavy atom. The van der Waals surface area contributed by atoms with Crippen LogP contribution in [-0.4, -0.2) is 58.5 Å². The highest BCUT2D eigenvalue weighted by Crippen LogP contribution is 2.25.